The molecule has 2 fully saturated rings. The van der Waals surface area contributed by atoms with Crippen molar-refractivity contribution < 1.29 is 9.47 Å². The van der Waals surface area contributed by atoms with Crippen LogP contribution in [0.2, 0.25) is 0 Å². The highest BCUT2D eigenvalue weighted by Crippen LogP contribution is 2.09. The van der Waals surface area contributed by atoms with Crippen LogP contribution in [-0.4, -0.2) is 56.2 Å². The highest BCUT2D eigenvalue weighted by atomic mass is 16.7. The third-order valence-corrected chi connectivity index (χ3v) is 3.61. The van der Waals surface area contributed by atoms with Gasteiger partial charge in [0.05, 0.1) is 0 Å². The van der Waals surface area contributed by atoms with Gasteiger partial charge < -0.3 is 9.47 Å². The van der Waals surface area contributed by atoms with Crippen LogP contribution < -0.4 is 0 Å². The first-order valence-electron chi connectivity index (χ1n) is 7.05. The van der Waals surface area contributed by atoms with Gasteiger partial charge in [0, 0.05) is 26.2 Å². The Morgan fingerprint density at radius 3 is 1.41 bits per heavy atom. The van der Waals surface area contributed by atoms with Gasteiger partial charge >= 0.3 is 0 Å². The second-order valence-electron chi connectivity index (χ2n) is 5.14. The average Bonchev–Trinajstić information content (AvgIpc) is 2.41. The van der Waals surface area contributed by atoms with Gasteiger partial charge in [0.2, 0.25) is 0 Å². The molecule has 17 heavy (non-hydrogen) atoms. The fourth-order valence-electron chi connectivity index (χ4n) is 2.57. The zero-order valence-corrected chi connectivity index (χ0v) is 10.9. The van der Waals surface area contributed by atoms with Crippen molar-refractivity contribution in [1.29, 1.82) is 0 Å². The molecule has 100 valence electrons. The van der Waals surface area contributed by atoms with Crippen LogP contribution in [0, 0.1) is 0 Å². The molecular weight excluding hydrogens is 216 g/mol. The van der Waals surface area contributed by atoms with Crippen LogP contribution in [0.5, 0.6) is 0 Å². The van der Waals surface area contributed by atoms with Crippen molar-refractivity contribution in [1.82, 2.24) is 9.80 Å². The summed E-state index contributed by atoms with van der Waals surface area (Å²) in [5.74, 6) is 0. The van der Waals surface area contributed by atoms with Crippen LogP contribution in [0.25, 0.3) is 0 Å². The van der Waals surface area contributed by atoms with Crippen molar-refractivity contribution >= 4 is 0 Å². The third-order valence-electron chi connectivity index (χ3n) is 3.61. The van der Waals surface area contributed by atoms with E-state index in [0.717, 1.165) is 13.5 Å². The Morgan fingerprint density at radius 1 is 0.588 bits per heavy atom. The first-order chi connectivity index (χ1) is 8.45. The van der Waals surface area contributed by atoms with Crippen molar-refractivity contribution in [2.24, 2.45) is 0 Å². The lowest BCUT2D eigenvalue weighted by atomic mass is 10.1. The fraction of sp³-hybridized carbons (Fsp3) is 1.00. The zero-order chi connectivity index (χ0) is 11.8. The molecule has 0 atom stereocenters. The number of piperidine rings is 2. The van der Waals surface area contributed by atoms with Crippen molar-refractivity contribution in [3.63, 3.8) is 0 Å². The van der Waals surface area contributed by atoms with E-state index < -0.39 is 0 Å². The van der Waals surface area contributed by atoms with E-state index in [1.54, 1.807) is 0 Å². The Morgan fingerprint density at radius 2 is 1.00 bits per heavy atom. The Hall–Kier alpha value is -0.160. The van der Waals surface area contributed by atoms with Crippen LogP contribution in [0.4, 0.5) is 0 Å². The number of likely N-dealkylation sites (tertiary alicyclic amines) is 2. The molecule has 0 N–H and O–H groups in total. The molecule has 2 aliphatic heterocycles. The first kappa shape index (κ1) is 13.3. The Bertz CT molecular complexity index is 170. The van der Waals surface area contributed by atoms with Gasteiger partial charge in [-0.05, 0) is 25.7 Å². The highest BCUT2D eigenvalue weighted by molar-refractivity contribution is 4.61. The second-order valence-corrected chi connectivity index (χ2v) is 5.14. The Kier molecular flexibility index (Phi) is 6.27. The largest absolute Gasteiger partial charge is 0.340 e. The summed E-state index contributed by atoms with van der Waals surface area (Å²) in [7, 11) is 0. The van der Waals surface area contributed by atoms with Gasteiger partial charge in [0.1, 0.15) is 20.3 Å². The molecule has 0 saturated carbocycles. The summed E-state index contributed by atoms with van der Waals surface area (Å²) in [5.41, 5.74) is 0. The predicted octanol–water partition coefficient (Wildman–Crippen LogP) is 1.86. The molecule has 2 rings (SSSR count). The van der Waals surface area contributed by atoms with Gasteiger partial charge in [-0.2, -0.15) is 0 Å². The normalized spacial score (nSPS) is 24.0. The summed E-state index contributed by atoms with van der Waals surface area (Å²) in [6.07, 6.45) is 8.02. The predicted molar refractivity (Wildman–Crippen MR) is 67.6 cm³/mol. The maximum Gasteiger partial charge on any atom is 0.150 e. The molecule has 0 bridgehead atoms. The molecule has 2 aliphatic rings. The molecule has 0 aromatic rings. The lowest BCUT2D eigenvalue weighted by molar-refractivity contribution is -0.119. The molecule has 2 saturated heterocycles. The Balaban J connectivity index is 1.42. The number of ether oxygens (including phenoxy) is 2. The quantitative estimate of drug-likeness (QED) is 0.524. The lowest BCUT2D eigenvalue weighted by Crippen LogP contribution is -2.34. The van der Waals surface area contributed by atoms with E-state index in [1.165, 1.54) is 64.7 Å². The fourth-order valence-corrected chi connectivity index (χ4v) is 2.57. The number of hydrogen-bond acceptors (Lipinski definition) is 4. The minimum absolute atomic E-state index is 0.438. The molecule has 0 radical (unpaired) electrons. The summed E-state index contributed by atoms with van der Waals surface area (Å²) in [6, 6.07) is 0. The summed E-state index contributed by atoms with van der Waals surface area (Å²) < 4.78 is 11.1. The maximum atomic E-state index is 5.54. The minimum atomic E-state index is 0.438. The van der Waals surface area contributed by atoms with Crippen molar-refractivity contribution in [2.75, 3.05) is 46.4 Å². The van der Waals surface area contributed by atoms with E-state index in [1.807, 2.05) is 0 Å². The van der Waals surface area contributed by atoms with Crippen LogP contribution in [0.3, 0.4) is 0 Å². The molecule has 0 unspecified atom stereocenters. The van der Waals surface area contributed by atoms with Crippen LogP contribution in [0.1, 0.15) is 38.5 Å². The van der Waals surface area contributed by atoms with Gasteiger partial charge in [-0.15, -0.1) is 0 Å². The van der Waals surface area contributed by atoms with E-state index in [-0.39, 0.29) is 0 Å². The van der Waals surface area contributed by atoms with Crippen molar-refractivity contribution in [2.45, 2.75) is 38.5 Å². The summed E-state index contributed by atoms with van der Waals surface area (Å²) in [6.45, 7) is 6.66. The van der Waals surface area contributed by atoms with Crippen LogP contribution in [0.15, 0.2) is 0 Å². The van der Waals surface area contributed by atoms with Crippen molar-refractivity contribution in [3.05, 3.63) is 0 Å². The summed E-state index contributed by atoms with van der Waals surface area (Å²) in [4.78, 5) is 4.74. The van der Waals surface area contributed by atoms with Gasteiger partial charge in [0.15, 0.2) is 0 Å². The third kappa shape index (κ3) is 5.34. The highest BCUT2D eigenvalue weighted by Gasteiger charge is 2.11. The van der Waals surface area contributed by atoms with Gasteiger partial charge in [-0.25, -0.2) is 0 Å². The molecule has 0 aliphatic carbocycles. The van der Waals surface area contributed by atoms with E-state index >= 15 is 0 Å². The van der Waals surface area contributed by atoms with E-state index in [0.29, 0.717) is 6.79 Å². The minimum Gasteiger partial charge on any atom is -0.340 e. The van der Waals surface area contributed by atoms with Crippen molar-refractivity contribution in [3.8, 4) is 0 Å². The van der Waals surface area contributed by atoms with E-state index in [4.69, 9.17) is 9.47 Å². The monoisotopic (exact) mass is 242 g/mol. The lowest BCUT2D eigenvalue weighted by Gasteiger charge is -2.27. The van der Waals surface area contributed by atoms with Gasteiger partial charge in [-0.3, -0.25) is 9.80 Å². The molecule has 2 heterocycles. The molecule has 0 spiro atoms. The molecule has 0 amide bonds. The molecular formula is C13H26N2O2. The van der Waals surface area contributed by atoms with E-state index in [9.17, 15) is 0 Å². The zero-order valence-electron chi connectivity index (χ0n) is 10.9. The second kappa shape index (κ2) is 8.03. The molecule has 4 nitrogen and oxygen atoms in total. The van der Waals surface area contributed by atoms with Crippen LogP contribution in [-0.2, 0) is 9.47 Å². The molecule has 4 heteroatoms. The molecule has 0 aromatic carbocycles. The first-order valence-corrected chi connectivity index (χ1v) is 7.05. The maximum absolute atomic E-state index is 5.54. The standard InChI is InChI=1S/C13H26N2O2/c1-3-7-14(8-4-1)11-16-13-17-12-15-9-5-2-6-10-15/h1-13H2. The number of rotatable bonds is 6. The summed E-state index contributed by atoms with van der Waals surface area (Å²) in [5, 5.41) is 0. The van der Waals surface area contributed by atoms with E-state index in [2.05, 4.69) is 9.80 Å². The number of hydrogen-bond donors (Lipinski definition) is 0. The average molecular weight is 242 g/mol. The van der Waals surface area contributed by atoms with Gasteiger partial charge in [0.25, 0.3) is 0 Å². The topological polar surface area (TPSA) is 24.9 Å². The van der Waals surface area contributed by atoms with Gasteiger partial charge in [-0.1, -0.05) is 12.8 Å². The SMILES string of the molecule is C1CCN(COCOCN2CCCCC2)CC1. The number of nitrogens with zero attached hydrogens (tertiary/aromatic N) is 2. The Labute approximate surface area is 105 Å². The summed E-state index contributed by atoms with van der Waals surface area (Å²) >= 11 is 0. The molecule has 0 aromatic heterocycles. The smallest absolute Gasteiger partial charge is 0.150 e. The van der Waals surface area contributed by atoms with Crippen LogP contribution >= 0.6 is 0 Å².